The highest BCUT2D eigenvalue weighted by Gasteiger charge is 2.00. The minimum absolute atomic E-state index is 0.591. The molecule has 0 aromatic carbocycles. The van der Waals surface area contributed by atoms with Crippen LogP contribution in [0.15, 0.2) is 47.1 Å². The third-order valence-electron chi connectivity index (χ3n) is 3.70. The summed E-state index contributed by atoms with van der Waals surface area (Å²) >= 11 is 0. The number of rotatable bonds is 8. The van der Waals surface area contributed by atoms with E-state index in [1.54, 1.807) is 0 Å². The Morgan fingerprint density at radius 2 is 1.33 bits per heavy atom. The molecular formula is C24H46. The van der Waals surface area contributed by atoms with Gasteiger partial charge in [-0.15, -0.1) is 0 Å². The SMILES string of the molecule is CC.CCCCCCC.C\C=C(/C=C(C)/C(/C=C/C)=C/C)C(C)C. The van der Waals surface area contributed by atoms with E-state index in [0.29, 0.717) is 5.92 Å². The molecule has 0 N–H and O–H groups in total. The predicted octanol–water partition coefficient (Wildman–Crippen LogP) is 9.06. The van der Waals surface area contributed by atoms with Crippen LogP contribution in [0, 0.1) is 5.92 Å². The molecule has 0 saturated heterocycles. The maximum atomic E-state index is 2.28. The second-order valence-corrected chi connectivity index (χ2v) is 6.08. The van der Waals surface area contributed by atoms with Crippen LogP contribution < -0.4 is 0 Å². The van der Waals surface area contributed by atoms with Gasteiger partial charge in [-0.1, -0.05) is 104 Å². The molecule has 0 rings (SSSR count). The first-order chi connectivity index (χ1) is 11.5. The zero-order valence-corrected chi connectivity index (χ0v) is 18.5. The lowest BCUT2D eigenvalue weighted by Gasteiger charge is -2.08. The van der Waals surface area contributed by atoms with Gasteiger partial charge >= 0.3 is 0 Å². The molecule has 0 radical (unpaired) electrons. The summed E-state index contributed by atoms with van der Waals surface area (Å²) in [5.41, 5.74) is 4.03. The Kier molecular flexibility index (Phi) is 25.4. The van der Waals surface area contributed by atoms with Crippen LogP contribution in [0.3, 0.4) is 0 Å². The van der Waals surface area contributed by atoms with Gasteiger partial charge in [0.15, 0.2) is 0 Å². The number of allylic oxidation sites excluding steroid dienone is 8. The van der Waals surface area contributed by atoms with Crippen LogP contribution in [0.5, 0.6) is 0 Å². The fourth-order valence-corrected chi connectivity index (χ4v) is 2.23. The van der Waals surface area contributed by atoms with Gasteiger partial charge in [0.25, 0.3) is 0 Å². The zero-order valence-electron chi connectivity index (χ0n) is 18.5. The minimum Gasteiger partial charge on any atom is -0.0871 e. The summed E-state index contributed by atoms with van der Waals surface area (Å²) in [4.78, 5) is 0. The fraction of sp³-hybridized carbons (Fsp3) is 0.667. The van der Waals surface area contributed by atoms with E-state index in [2.05, 4.69) is 85.8 Å². The molecule has 0 aromatic heterocycles. The quantitative estimate of drug-likeness (QED) is 0.307. The highest BCUT2D eigenvalue weighted by Crippen LogP contribution is 2.18. The van der Waals surface area contributed by atoms with E-state index in [1.807, 2.05) is 13.8 Å². The van der Waals surface area contributed by atoms with Gasteiger partial charge < -0.3 is 0 Å². The average molecular weight is 335 g/mol. The molecule has 0 spiro atoms. The molecule has 0 aliphatic carbocycles. The van der Waals surface area contributed by atoms with Gasteiger partial charge in [-0.05, 0) is 50.3 Å². The lowest BCUT2D eigenvalue weighted by molar-refractivity contribution is 0.656. The molecule has 0 bridgehead atoms. The number of unbranched alkanes of at least 4 members (excludes halogenated alkanes) is 4. The second-order valence-electron chi connectivity index (χ2n) is 6.08. The highest BCUT2D eigenvalue weighted by molar-refractivity contribution is 5.42. The van der Waals surface area contributed by atoms with Crippen molar-refractivity contribution in [2.45, 2.75) is 101 Å². The Hall–Kier alpha value is -1.04. The maximum absolute atomic E-state index is 2.28. The Labute approximate surface area is 154 Å². The molecule has 0 aliphatic rings. The standard InChI is InChI=1S/C15H24.C7H16.C2H6/c1-7-10-14(8-2)13(6)11-15(9-3)12(4)5;1-3-5-7-6-4-2;1-2/h7-12H,1-6H3;3-7H2,1-2H3;1-2H3/b10-7+,13-11+,14-8+,15-9+;;. The molecule has 0 heterocycles. The van der Waals surface area contributed by atoms with E-state index >= 15 is 0 Å². The van der Waals surface area contributed by atoms with Gasteiger partial charge in [-0.25, -0.2) is 0 Å². The van der Waals surface area contributed by atoms with Crippen molar-refractivity contribution in [3.8, 4) is 0 Å². The van der Waals surface area contributed by atoms with Gasteiger partial charge in [0, 0.05) is 0 Å². The van der Waals surface area contributed by atoms with E-state index in [4.69, 9.17) is 0 Å². The van der Waals surface area contributed by atoms with E-state index in [0.717, 1.165) is 0 Å². The van der Waals surface area contributed by atoms with Crippen molar-refractivity contribution in [3.05, 3.63) is 47.1 Å². The predicted molar refractivity (Wildman–Crippen MR) is 117 cm³/mol. The smallest absolute Gasteiger partial charge is 0.0222 e. The molecule has 0 saturated carbocycles. The Bertz CT molecular complexity index is 357. The summed E-state index contributed by atoms with van der Waals surface area (Å²) in [7, 11) is 0. The third-order valence-corrected chi connectivity index (χ3v) is 3.70. The number of hydrogen-bond donors (Lipinski definition) is 0. The van der Waals surface area contributed by atoms with Crippen molar-refractivity contribution in [1.29, 1.82) is 0 Å². The van der Waals surface area contributed by atoms with E-state index < -0.39 is 0 Å². The first kappa shape index (κ1) is 27.8. The van der Waals surface area contributed by atoms with Crippen LogP contribution in [0.2, 0.25) is 0 Å². The summed E-state index contributed by atoms with van der Waals surface area (Å²) in [6.45, 7) is 21.3. The monoisotopic (exact) mass is 334 g/mol. The first-order valence-electron chi connectivity index (χ1n) is 10.1. The molecule has 0 amide bonds. The first-order valence-corrected chi connectivity index (χ1v) is 10.1. The van der Waals surface area contributed by atoms with Gasteiger partial charge in [-0.2, -0.15) is 0 Å². The van der Waals surface area contributed by atoms with Crippen LogP contribution in [0.25, 0.3) is 0 Å². The molecule has 0 aliphatic heterocycles. The van der Waals surface area contributed by atoms with Crippen molar-refractivity contribution in [2.24, 2.45) is 5.92 Å². The molecule has 0 heteroatoms. The molecule has 0 nitrogen and oxygen atoms in total. The van der Waals surface area contributed by atoms with Crippen LogP contribution in [0.4, 0.5) is 0 Å². The number of hydrogen-bond acceptors (Lipinski definition) is 0. The Morgan fingerprint density at radius 3 is 1.62 bits per heavy atom. The van der Waals surface area contributed by atoms with E-state index in [9.17, 15) is 0 Å². The van der Waals surface area contributed by atoms with Crippen LogP contribution in [-0.2, 0) is 0 Å². The highest BCUT2D eigenvalue weighted by atomic mass is 14.1. The normalized spacial score (nSPS) is 12.7. The summed E-state index contributed by atoms with van der Waals surface area (Å²) in [6, 6.07) is 0. The largest absolute Gasteiger partial charge is 0.0871 e. The third kappa shape index (κ3) is 17.3. The van der Waals surface area contributed by atoms with Gasteiger partial charge in [0.1, 0.15) is 0 Å². The van der Waals surface area contributed by atoms with Crippen LogP contribution in [0.1, 0.15) is 101 Å². The van der Waals surface area contributed by atoms with Gasteiger partial charge in [0.2, 0.25) is 0 Å². The lowest BCUT2D eigenvalue weighted by atomic mass is 9.97. The minimum atomic E-state index is 0.591. The summed E-state index contributed by atoms with van der Waals surface area (Å²) in [5, 5.41) is 0. The van der Waals surface area contributed by atoms with E-state index in [-0.39, 0.29) is 0 Å². The van der Waals surface area contributed by atoms with Crippen molar-refractivity contribution in [1.82, 2.24) is 0 Å². The topological polar surface area (TPSA) is 0 Å². The summed E-state index contributed by atoms with van der Waals surface area (Å²) < 4.78 is 0. The van der Waals surface area contributed by atoms with Crippen molar-refractivity contribution < 1.29 is 0 Å². The van der Waals surface area contributed by atoms with Gasteiger partial charge in [-0.3, -0.25) is 0 Å². The Balaban J connectivity index is -0.000000410. The van der Waals surface area contributed by atoms with Crippen molar-refractivity contribution in [2.75, 3.05) is 0 Å². The zero-order chi connectivity index (χ0) is 19.4. The molecule has 0 aromatic rings. The maximum Gasteiger partial charge on any atom is -0.0222 e. The fourth-order valence-electron chi connectivity index (χ4n) is 2.23. The summed E-state index contributed by atoms with van der Waals surface area (Å²) in [5.74, 6) is 0.591. The molecule has 0 atom stereocenters. The van der Waals surface area contributed by atoms with Crippen LogP contribution in [-0.4, -0.2) is 0 Å². The molecular weight excluding hydrogens is 288 g/mol. The second kappa shape index (κ2) is 22.0. The molecule has 24 heavy (non-hydrogen) atoms. The lowest BCUT2D eigenvalue weighted by Crippen LogP contribution is -1.92. The summed E-state index contributed by atoms with van der Waals surface area (Å²) in [6.07, 6.45) is 17.9. The Morgan fingerprint density at radius 1 is 0.833 bits per heavy atom. The van der Waals surface area contributed by atoms with Crippen molar-refractivity contribution >= 4 is 0 Å². The van der Waals surface area contributed by atoms with Crippen LogP contribution >= 0.6 is 0 Å². The van der Waals surface area contributed by atoms with Crippen molar-refractivity contribution in [3.63, 3.8) is 0 Å². The van der Waals surface area contributed by atoms with E-state index in [1.165, 1.54) is 48.8 Å². The molecule has 0 fully saturated rings. The molecule has 0 unspecified atom stereocenters. The molecule has 142 valence electrons. The van der Waals surface area contributed by atoms with Gasteiger partial charge in [0.05, 0.1) is 0 Å². The average Bonchev–Trinajstić information content (AvgIpc) is 2.59.